The van der Waals surface area contributed by atoms with Gasteiger partial charge in [-0.1, -0.05) is 34.1 Å². The molecule has 4 heteroatoms. The molecule has 2 nitrogen and oxygen atoms in total. The fourth-order valence-corrected chi connectivity index (χ4v) is 2.74. The Labute approximate surface area is 128 Å². The minimum atomic E-state index is 0.728. The van der Waals surface area contributed by atoms with Crippen molar-refractivity contribution in [1.82, 2.24) is 0 Å². The van der Waals surface area contributed by atoms with Gasteiger partial charge in [0.25, 0.3) is 0 Å². The van der Waals surface area contributed by atoms with Gasteiger partial charge in [0, 0.05) is 32.1 Å². The molecule has 0 aliphatic rings. The first-order valence-corrected chi connectivity index (χ1v) is 7.46. The van der Waals surface area contributed by atoms with Crippen LogP contribution in [0.2, 0.25) is 0 Å². The first kappa shape index (κ1) is 12.8. The number of furan rings is 1. The number of benzene rings is 2. The van der Waals surface area contributed by atoms with E-state index in [0.29, 0.717) is 0 Å². The molecule has 3 rings (SSSR count). The third kappa shape index (κ3) is 2.69. The molecular weight excluding hydrogens is 370 g/mol. The van der Waals surface area contributed by atoms with E-state index in [1.54, 1.807) is 0 Å². The maximum absolute atomic E-state index is 5.53. The zero-order valence-corrected chi connectivity index (χ0v) is 13.2. The number of nitrogens with one attached hydrogen (secondary N) is 1. The van der Waals surface area contributed by atoms with Gasteiger partial charge < -0.3 is 9.73 Å². The van der Waals surface area contributed by atoms with Crippen molar-refractivity contribution in [3.8, 4) is 0 Å². The van der Waals surface area contributed by atoms with Gasteiger partial charge in [0.15, 0.2) is 0 Å². The lowest BCUT2D eigenvalue weighted by Gasteiger charge is -2.08. The van der Waals surface area contributed by atoms with Gasteiger partial charge in [-0.2, -0.15) is 0 Å². The van der Waals surface area contributed by atoms with Crippen molar-refractivity contribution < 1.29 is 4.42 Å². The van der Waals surface area contributed by atoms with Gasteiger partial charge in [0.1, 0.15) is 5.58 Å². The predicted molar refractivity (Wildman–Crippen MR) is 85.4 cm³/mol. The Morgan fingerprint density at radius 2 is 1.89 bits per heavy atom. The molecule has 0 saturated carbocycles. The van der Waals surface area contributed by atoms with Gasteiger partial charge in [0.2, 0.25) is 0 Å². The monoisotopic (exact) mass is 379 g/mol. The highest BCUT2D eigenvalue weighted by atomic mass is 79.9. The van der Waals surface area contributed by atoms with Crippen LogP contribution in [0, 0.1) is 0 Å². The summed E-state index contributed by atoms with van der Waals surface area (Å²) in [4.78, 5) is 0. The summed E-state index contributed by atoms with van der Waals surface area (Å²) >= 11 is 7.01. The van der Waals surface area contributed by atoms with E-state index in [2.05, 4.69) is 43.2 Å². The van der Waals surface area contributed by atoms with E-state index >= 15 is 0 Å². The summed E-state index contributed by atoms with van der Waals surface area (Å²) in [6.45, 7) is 0.728. The third-order valence-corrected chi connectivity index (χ3v) is 4.14. The fourth-order valence-electron chi connectivity index (χ4n) is 1.99. The molecule has 19 heavy (non-hydrogen) atoms. The van der Waals surface area contributed by atoms with E-state index in [0.717, 1.165) is 37.7 Å². The molecule has 0 aliphatic heterocycles. The summed E-state index contributed by atoms with van der Waals surface area (Å²) in [5.74, 6) is 0. The van der Waals surface area contributed by atoms with Crippen LogP contribution in [0.1, 0.15) is 5.56 Å². The number of rotatable bonds is 3. The van der Waals surface area contributed by atoms with Gasteiger partial charge in [-0.05, 0) is 40.2 Å². The number of fused-ring (bicyclic) bond motifs is 1. The van der Waals surface area contributed by atoms with Gasteiger partial charge in [-0.3, -0.25) is 0 Å². The normalized spacial score (nSPS) is 10.8. The fraction of sp³-hybridized carbons (Fsp3) is 0.0667. The molecule has 1 aromatic heterocycles. The Morgan fingerprint density at radius 3 is 2.79 bits per heavy atom. The van der Waals surface area contributed by atoms with Gasteiger partial charge in [0.05, 0.1) is 6.26 Å². The molecule has 1 N–H and O–H groups in total. The van der Waals surface area contributed by atoms with E-state index in [9.17, 15) is 0 Å². The van der Waals surface area contributed by atoms with Crippen LogP contribution in [0.3, 0.4) is 0 Å². The average molecular weight is 381 g/mol. The highest BCUT2D eigenvalue weighted by Gasteiger charge is 2.06. The van der Waals surface area contributed by atoms with Crippen LogP contribution in [0.25, 0.3) is 11.0 Å². The van der Waals surface area contributed by atoms with Crippen molar-refractivity contribution in [2.75, 3.05) is 5.32 Å². The van der Waals surface area contributed by atoms with Crippen LogP contribution in [-0.2, 0) is 6.54 Å². The maximum Gasteiger partial charge on any atom is 0.134 e. The van der Waals surface area contributed by atoms with E-state index < -0.39 is 0 Å². The zero-order valence-electron chi connectivity index (χ0n) is 9.99. The van der Waals surface area contributed by atoms with Crippen LogP contribution >= 0.6 is 31.9 Å². The molecule has 0 saturated heterocycles. The summed E-state index contributed by atoms with van der Waals surface area (Å²) in [5, 5.41) is 4.57. The quantitative estimate of drug-likeness (QED) is 0.642. The second-order valence-electron chi connectivity index (χ2n) is 4.23. The summed E-state index contributed by atoms with van der Waals surface area (Å²) in [6.07, 6.45) is 1.81. The van der Waals surface area contributed by atoms with Crippen molar-refractivity contribution in [1.29, 1.82) is 0 Å². The Balaban J connectivity index is 1.84. The first-order chi connectivity index (χ1) is 9.24. The molecule has 0 radical (unpaired) electrons. The first-order valence-electron chi connectivity index (χ1n) is 5.88. The van der Waals surface area contributed by atoms with Gasteiger partial charge in [-0.25, -0.2) is 0 Å². The Kier molecular flexibility index (Phi) is 3.62. The second-order valence-corrected chi connectivity index (χ2v) is 6.00. The Bertz CT molecular complexity index is 721. The van der Waals surface area contributed by atoms with Crippen molar-refractivity contribution in [2.24, 2.45) is 0 Å². The molecule has 2 aromatic carbocycles. The van der Waals surface area contributed by atoms with Crippen molar-refractivity contribution in [3.63, 3.8) is 0 Å². The van der Waals surface area contributed by atoms with Crippen molar-refractivity contribution >= 4 is 48.5 Å². The predicted octanol–water partition coefficient (Wildman–Crippen LogP) is 5.57. The van der Waals surface area contributed by atoms with Gasteiger partial charge >= 0.3 is 0 Å². The molecular formula is C15H11Br2NO. The SMILES string of the molecule is Brc1ccc(Br)c(NCc2coc3ccccc23)c1. The Morgan fingerprint density at radius 1 is 1.05 bits per heavy atom. The lowest BCUT2D eigenvalue weighted by Crippen LogP contribution is -1.99. The average Bonchev–Trinajstić information content (AvgIpc) is 2.83. The van der Waals surface area contributed by atoms with E-state index in [4.69, 9.17) is 4.42 Å². The molecule has 96 valence electrons. The lowest BCUT2D eigenvalue weighted by atomic mass is 10.2. The number of hydrogen-bond donors (Lipinski definition) is 1. The van der Waals surface area contributed by atoms with Gasteiger partial charge in [-0.15, -0.1) is 0 Å². The molecule has 0 amide bonds. The van der Waals surface area contributed by atoms with E-state index in [1.165, 1.54) is 0 Å². The van der Waals surface area contributed by atoms with Crippen LogP contribution in [-0.4, -0.2) is 0 Å². The number of halogens is 2. The lowest BCUT2D eigenvalue weighted by molar-refractivity contribution is 0.611. The molecule has 0 unspecified atom stereocenters. The summed E-state index contributed by atoms with van der Waals surface area (Å²) < 4.78 is 7.63. The van der Waals surface area contributed by atoms with Crippen molar-refractivity contribution in [2.45, 2.75) is 6.54 Å². The number of para-hydroxylation sites is 1. The highest BCUT2D eigenvalue weighted by Crippen LogP contribution is 2.28. The summed E-state index contributed by atoms with van der Waals surface area (Å²) in [6, 6.07) is 14.1. The van der Waals surface area contributed by atoms with E-state index in [1.807, 2.05) is 42.7 Å². The van der Waals surface area contributed by atoms with Crippen molar-refractivity contribution in [3.05, 3.63) is 63.2 Å². The minimum absolute atomic E-state index is 0.728. The molecule has 0 fully saturated rings. The largest absolute Gasteiger partial charge is 0.464 e. The molecule has 0 aliphatic carbocycles. The highest BCUT2D eigenvalue weighted by molar-refractivity contribution is 9.11. The maximum atomic E-state index is 5.53. The van der Waals surface area contributed by atoms with Crippen LogP contribution in [0.5, 0.6) is 0 Å². The molecule has 0 atom stereocenters. The Hall–Kier alpha value is -1.26. The molecule has 0 bridgehead atoms. The second kappa shape index (κ2) is 5.39. The number of anilines is 1. The summed E-state index contributed by atoms with van der Waals surface area (Å²) in [5.41, 5.74) is 3.13. The minimum Gasteiger partial charge on any atom is -0.464 e. The third-order valence-electron chi connectivity index (χ3n) is 2.96. The summed E-state index contributed by atoms with van der Waals surface area (Å²) in [7, 11) is 0. The van der Waals surface area contributed by atoms with Crippen LogP contribution in [0.15, 0.2) is 62.1 Å². The van der Waals surface area contributed by atoms with Crippen LogP contribution in [0.4, 0.5) is 5.69 Å². The van der Waals surface area contributed by atoms with E-state index in [-0.39, 0.29) is 0 Å². The molecule has 1 heterocycles. The standard InChI is InChI=1S/C15H11Br2NO/c16-11-5-6-13(17)14(7-11)18-8-10-9-19-15-4-2-1-3-12(10)15/h1-7,9,18H,8H2. The molecule has 0 spiro atoms. The smallest absolute Gasteiger partial charge is 0.134 e. The molecule has 3 aromatic rings. The zero-order chi connectivity index (χ0) is 13.2. The van der Waals surface area contributed by atoms with Crippen LogP contribution < -0.4 is 5.32 Å². The topological polar surface area (TPSA) is 25.2 Å². The number of hydrogen-bond acceptors (Lipinski definition) is 2.